The zero-order valence-electron chi connectivity index (χ0n) is 10.3. The van der Waals surface area contributed by atoms with Crippen molar-refractivity contribution in [3.8, 4) is 0 Å². The normalized spacial score (nSPS) is 14.8. The van der Waals surface area contributed by atoms with E-state index in [1.165, 1.54) is 12.1 Å². The van der Waals surface area contributed by atoms with Crippen molar-refractivity contribution in [2.75, 3.05) is 0 Å². The van der Waals surface area contributed by atoms with Crippen molar-refractivity contribution < 1.29 is 13.2 Å². The minimum atomic E-state index is -4.31. The van der Waals surface area contributed by atoms with Crippen LogP contribution in [0.5, 0.6) is 0 Å². The Morgan fingerprint density at radius 2 is 1.59 bits per heavy atom. The van der Waals surface area contributed by atoms with E-state index in [2.05, 4.69) is 0 Å². The standard InChI is InChI=1S/C13H18F3N/c1-9(17)8-12(2,3)10-6-4-5-7-11(10)13(14,15)16/h4-7,9H,8,17H2,1-3H3. The summed E-state index contributed by atoms with van der Waals surface area (Å²) in [5.41, 5.74) is 4.86. The highest BCUT2D eigenvalue weighted by Gasteiger charge is 2.37. The number of halogens is 3. The van der Waals surface area contributed by atoms with Crippen LogP contribution in [0.1, 0.15) is 38.3 Å². The fraction of sp³-hybridized carbons (Fsp3) is 0.538. The van der Waals surface area contributed by atoms with E-state index in [0.717, 1.165) is 6.07 Å². The van der Waals surface area contributed by atoms with Gasteiger partial charge < -0.3 is 5.73 Å². The maximum Gasteiger partial charge on any atom is 0.416 e. The highest BCUT2D eigenvalue weighted by molar-refractivity contribution is 5.35. The molecule has 0 radical (unpaired) electrons. The van der Waals surface area contributed by atoms with Crippen molar-refractivity contribution >= 4 is 0 Å². The molecule has 0 spiro atoms. The first-order chi connectivity index (χ1) is 7.64. The summed E-state index contributed by atoms with van der Waals surface area (Å²) in [5.74, 6) is 0. The number of alkyl halides is 3. The van der Waals surface area contributed by atoms with Crippen molar-refractivity contribution in [1.82, 2.24) is 0 Å². The van der Waals surface area contributed by atoms with Crippen LogP contribution in [0.15, 0.2) is 24.3 Å². The quantitative estimate of drug-likeness (QED) is 0.863. The molecule has 1 aromatic rings. The van der Waals surface area contributed by atoms with Crippen molar-refractivity contribution in [3.05, 3.63) is 35.4 Å². The van der Waals surface area contributed by atoms with Gasteiger partial charge in [-0.3, -0.25) is 0 Å². The van der Waals surface area contributed by atoms with Gasteiger partial charge in [0.25, 0.3) is 0 Å². The van der Waals surface area contributed by atoms with E-state index in [-0.39, 0.29) is 6.04 Å². The van der Waals surface area contributed by atoms with Crippen molar-refractivity contribution in [3.63, 3.8) is 0 Å². The number of hydrogen-bond donors (Lipinski definition) is 1. The summed E-state index contributed by atoms with van der Waals surface area (Å²) >= 11 is 0. The van der Waals surface area contributed by atoms with E-state index in [1.807, 2.05) is 0 Å². The predicted molar refractivity (Wildman–Crippen MR) is 62.7 cm³/mol. The Hall–Kier alpha value is -1.03. The molecule has 0 saturated carbocycles. The molecule has 0 aliphatic carbocycles. The molecule has 0 heterocycles. The molecule has 0 aliphatic rings. The molecule has 1 aromatic carbocycles. The third-order valence-electron chi connectivity index (χ3n) is 2.79. The second-order valence-corrected chi connectivity index (χ2v) is 5.11. The Morgan fingerprint density at radius 1 is 1.12 bits per heavy atom. The van der Waals surface area contributed by atoms with Crippen LogP contribution >= 0.6 is 0 Å². The highest BCUT2D eigenvalue weighted by Crippen LogP contribution is 2.39. The Bertz CT molecular complexity index is 380. The summed E-state index contributed by atoms with van der Waals surface area (Å²) in [6.45, 7) is 5.39. The van der Waals surface area contributed by atoms with Gasteiger partial charge in [0.15, 0.2) is 0 Å². The first-order valence-corrected chi connectivity index (χ1v) is 5.57. The predicted octanol–water partition coefficient (Wildman–Crippen LogP) is 3.72. The molecule has 1 atom stereocenters. The molecular formula is C13H18F3N. The van der Waals surface area contributed by atoms with Gasteiger partial charge in [-0.2, -0.15) is 13.2 Å². The molecule has 17 heavy (non-hydrogen) atoms. The van der Waals surface area contributed by atoms with Gasteiger partial charge in [0, 0.05) is 6.04 Å². The van der Waals surface area contributed by atoms with E-state index in [0.29, 0.717) is 12.0 Å². The molecular weight excluding hydrogens is 227 g/mol. The smallest absolute Gasteiger partial charge is 0.328 e. The second kappa shape index (κ2) is 4.69. The molecule has 2 N–H and O–H groups in total. The summed E-state index contributed by atoms with van der Waals surface area (Å²) in [6.07, 6.45) is -3.80. The number of hydrogen-bond acceptors (Lipinski definition) is 1. The molecule has 0 saturated heterocycles. The first kappa shape index (κ1) is 14.0. The Kier molecular flexibility index (Phi) is 3.87. The fourth-order valence-electron chi connectivity index (χ4n) is 2.24. The van der Waals surface area contributed by atoms with E-state index in [4.69, 9.17) is 5.73 Å². The van der Waals surface area contributed by atoms with Crippen LogP contribution in [0.4, 0.5) is 13.2 Å². The molecule has 1 nitrogen and oxygen atoms in total. The largest absolute Gasteiger partial charge is 0.416 e. The van der Waals surface area contributed by atoms with Crippen LogP contribution in [0, 0.1) is 0 Å². The van der Waals surface area contributed by atoms with Crippen molar-refractivity contribution in [2.45, 2.75) is 44.8 Å². The number of benzene rings is 1. The lowest BCUT2D eigenvalue weighted by atomic mass is 9.77. The van der Waals surface area contributed by atoms with Gasteiger partial charge in [-0.25, -0.2) is 0 Å². The second-order valence-electron chi connectivity index (χ2n) is 5.11. The average molecular weight is 245 g/mol. The van der Waals surface area contributed by atoms with E-state index >= 15 is 0 Å². The summed E-state index contributed by atoms with van der Waals surface area (Å²) in [4.78, 5) is 0. The van der Waals surface area contributed by atoms with Crippen molar-refractivity contribution in [1.29, 1.82) is 0 Å². The maximum absolute atomic E-state index is 12.9. The Labute approximate surface area is 99.8 Å². The van der Waals surface area contributed by atoms with E-state index in [1.54, 1.807) is 26.8 Å². The summed E-state index contributed by atoms with van der Waals surface area (Å²) in [6, 6.07) is 5.57. The zero-order valence-corrected chi connectivity index (χ0v) is 10.3. The average Bonchev–Trinajstić information content (AvgIpc) is 2.14. The molecule has 4 heteroatoms. The summed E-state index contributed by atoms with van der Waals surface area (Å²) < 4.78 is 38.7. The third kappa shape index (κ3) is 3.46. The topological polar surface area (TPSA) is 26.0 Å². The van der Waals surface area contributed by atoms with Gasteiger partial charge in [0.05, 0.1) is 5.56 Å². The molecule has 96 valence electrons. The minimum absolute atomic E-state index is 0.133. The number of rotatable bonds is 3. The van der Waals surface area contributed by atoms with Crippen LogP contribution in [-0.4, -0.2) is 6.04 Å². The van der Waals surface area contributed by atoms with Crippen LogP contribution in [-0.2, 0) is 11.6 Å². The molecule has 0 fully saturated rings. The lowest BCUT2D eigenvalue weighted by Crippen LogP contribution is -2.30. The molecule has 0 amide bonds. The van der Waals surface area contributed by atoms with Crippen LogP contribution < -0.4 is 5.73 Å². The third-order valence-corrected chi connectivity index (χ3v) is 2.79. The zero-order chi connectivity index (χ0) is 13.3. The van der Waals surface area contributed by atoms with Crippen molar-refractivity contribution in [2.24, 2.45) is 5.73 Å². The molecule has 0 aromatic heterocycles. The minimum Gasteiger partial charge on any atom is -0.328 e. The molecule has 1 rings (SSSR count). The maximum atomic E-state index is 12.9. The van der Waals surface area contributed by atoms with E-state index in [9.17, 15) is 13.2 Å². The highest BCUT2D eigenvalue weighted by atomic mass is 19.4. The van der Waals surface area contributed by atoms with Crippen LogP contribution in [0.25, 0.3) is 0 Å². The number of nitrogens with two attached hydrogens (primary N) is 1. The lowest BCUT2D eigenvalue weighted by Gasteiger charge is -2.30. The van der Waals surface area contributed by atoms with Gasteiger partial charge in [0.1, 0.15) is 0 Å². The van der Waals surface area contributed by atoms with E-state index < -0.39 is 17.2 Å². The lowest BCUT2D eigenvalue weighted by molar-refractivity contribution is -0.138. The summed E-state index contributed by atoms with van der Waals surface area (Å²) in [5, 5.41) is 0. The Morgan fingerprint density at radius 3 is 2.00 bits per heavy atom. The molecule has 1 unspecified atom stereocenters. The first-order valence-electron chi connectivity index (χ1n) is 5.57. The SMILES string of the molecule is CC(N)CC(C)(C)c1ccccc1C(F)(F)F. The Balaban J connectivity index is 3.22. The van der Waals surface area contributed by atoms with Gasteiger partial charge >= 0.3 is 6.18 Å². The monoisotopic (exact) mass is 245 g/mol. The molecule has 0 bridgehead atoms. The van der Waals surface area contributed by atoms with Crippen LogP contribution in [0.2, 0.25) is 0 Å². The fourth-order valence-corrected chi connectivity index (χ4v) is 2.24. The van der Waals surface area contributed by atoms with Crippen LogP contribution in [0.3, 0.4) is 0 Å². The van der Waals surface area contributed by atoms with Gasteiger partial charge in [0.2, 0.25) is 0 Å². The van der Waals surface area contributed by atoms with Gasteiger partial charge in [-0.05, 0) is 30.4 Å². The van der Waals surface area contributed by atoms with Gasteiger partial charge in [-0.15, -0.1) is 0 Å². The van der Waals surface area contributed by atoms with Gasteiger partial charge in [-0.1, -0.05) is 32.0 Å². The summed E-state index contributed by atoms with van der Waals surface area (Å²) in [7, 11) is 0. The molecule has 0 aliphatic heterocycles.